The van der Waals surface area contributed by atoms with Crippen molar-refractivity contribution in [1.82, 2.24) is 4.90 Å². The molecule has 1 heterocycles. The molecule has 4 heteroatoms. The van der Waals surface area contributed by atoms with E-state index in [0.29, 0.717) is 11.1 Å². The zero-order chi connectivity index (χ0) is 20.6. The Balaban J connectivity index is 1.89. The minimum atomic E-state index is -2.00. The lowest BCUT2D eigenvalue weighted by atomic mass is 9.88. The van der Waals surface area contributed by atoms with Crippen LogP contribution in [-0.2, 0) is 0 Å². The molecule has 0 aromatic heterocycles. The van der Waals surface area contributed by atoms with Crippen LogP contribution in [0.1, 0.15) is 52.0 Å². The molecule has 0 radical (unpaired) electrons. The molecule has 148 valence electrons. The molecular weight excluding hydrogens is 374 g/mol. The molecule has 3 nitrogen and oxygen atoms in total. The van der Waals surface area contributed by atoms with Crippen LogP contribution in [0.2, 0.25) is 19.6 Å². The molecule has 0 unspecified atom stereocenters. The number of nitrogens with zero attached hydrogens (tertiary/aromatic N) is 1. The van der Waals surface area contributed by atoms with Gasteiger partial charge in [-0.25, -0.2) is 0 Å². The highest BCUT2D eigenvalue weighted by Gasteiger charge is 2.43. The second-order valence-electron chi connectivity index (χ2n) is 8.86. The fourth-order valence-electron chi connectivity index (χ4n) is 4.42. The van der Waals surface area contributed by atoms with Gasteiger partial charge in [0.15, 0.2) is 0 Å². The third kappa shape index (κ3) is 3.65. The summed E-state index contributed by atoms with van der Waals surface area (Å²) in [6.45, 7) is 6.69. The second kappa shape index (κ2) is 7.60. The highest BCUT2D eigenvalue weighted by Crippen LogP contribution is 2.39. The van der Waals surface area contributed by atoms with E-state index >= 15 is 0 Å². The van der Waals surface area contributed by atoms with Crippen molar-refractivity contribution in [1.29, 1.82) is 0 Å². The van der Waals surface area contributed by atoms with E-state index in [1.54, 1.807) is 12.1 Å². The number of rotatable bonds is 3. The van der Waals surface area contributed by atoms with Gasteiger partial charge in [0.1, 0.15) is 0 Å². The molecule has 1 fully saturated rings. The summed E-state index contributed by atoms with van der Waals surface area (Å²) in [5, 5.41) is 0.991. The predicted octanol–water partition coefficient (Wildman–Crippen LogP) is 6.07. The van der Waals surface area contributed by atoms with Crippen molar-refractivity contribution in [2.24, 2.45) is 0 Å². The lowest BCUT2D eigenvalue weighted by Crippen LogP contribution is -2.42. The molecule has 0 spiro atoms. The largest absolute Gasteiger partial charge is 0.268 e. The van der Waals surface area contributed by atoms with Crippen LogP contribution in [0.25, 0.3) is 6.08 Å². The Bertz CT molecular complexity index is 993. The summed E-state index contributed by atoms with van der Waals surface area (Å²) in [5.41, 5.74) is 4.71. The number of hydrogen-bond acceptors (Lipinski definition) is 2. The van der Waals surface area contributed by atoms with Gasteiger partial charge in [0, 0.05) is 5.32 Å². The summed E-state index contributed by atoms with van der Waals surface area (Å²) in [7, 11) is -2.00. The fourth-order valence-corrected chi connectivity index (χ4v) is 6.49. The average molecular weight is 402 g/mol. The van der Waals surface area contributed by atoms with Crippen molar-refractivity contribution < 1.29 is 9.59 Å². The van der Waals surface area contributed by atoms with Gasteiger partial charge in [-0.05, 0) is 54.5 Å². The standard InChI is InChI=1S/C25H27NO2Si/c1-29(2,3)25(26-23(27)21-15-9-10-16-22(21)24(26)28)20-14-8-7-13-19(20)17-18-11-5-4-6-12-18/h4-6,9-12,15-17H,7-8,13-14H2,1-3H3/b19-17+,25-20+. The molecule has 0 saturated heterocycles. The first-order chi connectivity index (χ1) is 13.9. The van der Waals surface area contributed by atoms with E-state index in [1.807, 2.05) is 30.3 Å². The molecule has 0 bridgehead atoms. The van der Waals surface area contributed by atoms with E-state index in [9.17, 15) is 9.59 Å². The zero-order valence-electron chi connectivity index (χ0n) is 17.4. The van der Waals surface area contributed by atoms with Crippen molar-refractivity contribution in [3.8, 4) is 0 Å². The van der Waals surface area contributed by atoms with Gasteiger partial charge in [-0.15, -0.1) is 0 Å². The Hall–Kier alpha value is -2.72. The highest BCUT2D eigenvalue weighted by molar-refractivity contribution is 6.83. The molecule has 1 aliphatic carbocycles. The van der Waals surface area contributed by atoms with Crippen molar-refractivity contribution in [3.05, 3.63) is 87.8 Å². The van der Waals surface area contributed by atoms with Crippen LogP contribution in [0, 0.1) is 0 Å². The molecule has 2 aromatic carbocycles. The minimum absolute atomic E-state index is 0.167. The Labute approximate surface area is 173 Å². The number of carbonyl (C=O) groups excluding carboxylic acids is 2. The van der Waals surface area contributed by atoms with Gasteiger partial charge in [0.25, 0.3) is 11.8 Å². The molecule has 1 saturated carbocycles. The quantitative estimate of drug-likeness (QED) is 0.462. The number of hydrogen-bond donors (Lipinski definition) is 0. The average Bonchev–Trinajstić information content (AvgIpc) is 2.95. The van der Waals surface area contributed by atoms with E-state index in [1.165, 1.54) is 21.6 Å². The Kier molecular flexibility index (Phi) is 5.13. The van der Waals surface area contributed by atoms with E-state index < -0.39 is 8.07 Å². The van der Waals surface area contributed by atoms with Crippen LogP contribution >= 0.6 is 0 Å². The second-order valence-corrected chi connectivity index (χ2v) is 13.8. The Morgan fingerprint density at radius 2 is 1.38 bits per heavy atom. The minimum Gasteiger partial charge on any atom is -0.268 e. The van der Waals surface area contributed by atoms with Gasteiger partial charge in [0.05, 0.1) is 19.2 Å². The Morgan fingerprint density at radius 3 is 1.97 bits per heavy atom. The van der Waals surface area contributed by atoms with Crippen molar-refractivity contribution in [2.75, 3.05) is 0 Å². The maximum Gasteiger partial charge on any atom is 0.265 e. The molecule has 0 N–H and O–H groups in total. The first-order valence-electron chi connectivity index (χ1n) is 10.4. The third-order valence-corrected chi connectivity index (χ3v) is 7.61. The van der Waals surface area contributed by atoms with Crippen LogP contribution < -0.4 is 0 Å². The van der Waals surface area contributed by atoms with Crippen molar-refractivity contribution in [2.45, 2.75) is 45.3 Å². The molecule has 4 rings (SSSR count). The first kappa shape index (κ1) is 19.6. The molecular formula is C25H27NO2Si. The number of imide groups is 1. The normalized spacial score (nSPS) is 20.2. The molecule has 2 aromatic rings. The van der Waals surface area contributed by atoms with Gasteiger partial charge in [-0.3, -0.25) is 14.5 Å². The van der Waals surface area contributed by atoms with Gasteiger partial charge >= 0.3 is 0 Å². The van der Waals surface area contributed by atoms with Gasteiger partial charge in [0.2, 0.25) is 0 Å². The fraction of sp³-hybridized carbons (Fsp3) is 0.280. The Morgan fingerprint density at radius 1 is 0.828 bits per heavy atom. The number of carbonyl (C=O) groups is 2. The lowest BCUT2D eigenvalue weighted by Gasteiger charge is -2.34. The number of benzene rings is 2. The van der Waals surface area contributed by atoms with E-state index in [4.69, 9.17) is 0 Å². The SMILES string of the molecule is C[Si](C)(C)/C(=C1\CCCC\C1=C/c1ccccc1)N1C(=O)c2ccccc2C1=O. The number of amides is 2. The highest BCUT2D eigenvalue weighted by atomic mass is 28.3. The number of allylic oxidation sites excluding steroid dienone is 2. The summed E-state index contributed by atoms with van der Waals surface area (Å²) < 4.78 is 0. The van der Waals surface area contributed by atoms with E-state index in [2.05, 4.69) is 37.8 Å². The van der Waals surface area contributed by atoms with Crippen molar-refractivity contribution in [3.63, 3.8) is 0 Å². The molecule has 2 aliphatic rings. The molecule has 2 amide bonds. The summed E-state index contributed by atoms with van der Waals surface area (Å²) >= 11 is 0. The summed E-state index contributed by atoms with van der Waals surface area (Å²) in [6, 6.07) is 17.5. The topological polar surface area (TPSA) is 37.4 Å². The summed E-state index contributed by atoms with van der Waals surface area (Å²) in [4.78, 5) is 28.1. The molecule has 0 atom stereocenters. The van der Waals surface area contributed by atoms with Crippen LogP contribution in [0.15, 0.2) is 71.1 Å². The zero-order valence-corrected chi connectivity index (χ0v) is 18.4. The predicted molar refractivity (Wildman–Crippen MR) is 120 cm³/mol. The third-order valence-electron chi connectivity index (χ3n) is 5.66. The maximum atomic E-state index is 13.3. The summed E-state index contributed by atoms with van der Waals surface area (Å²) in [5.74, 6) is -0.333. The molecule has 1 aliphatic heterocycles. The van der Waals surface area contributed by atoms with Crippen LogP contribution in [0.4, 0.5) is 0 Å². The van der Waals surface area contributed by atoms with Crippen LogP contribution in [0.3, 0.4) is 0 Å². The van der Waals surface area contributed by atoms with Gasteiger partial charge in [-0.1, -0.05) is 68.2 Å². The van der Waals surface area contributed by atoms with E-state index in [0.717, 1.165) is 31.0 Å². The lowest BCUT2D eigenvalue weighted by molar-refractivity contribution is 0.0711. The van der Waals surface area contributed by atoms with Crippen LogP contribution in [0.5, 0.6) is 0 Å². The molecule has 29 heavy (non-hydrogen) atoms. The van der Waals surface area contributed by atoms with E-state index in [-0.39, 0.29) is 11.8 Å². The summed E-state index contributed by atoms with van der Waals surface area (Å²) in [6.07, 6.45) is 6.39. The van der Waals surface area contributed by atoms with Crippen LogP contribution in [-0.4, -0.2) is 24.8 Å². The van der Waals surface area contributed by atoms with Gasteiger partial charge in [-0.2, -0.15) is 0 Å². The number of fused-ring (bicyclic) bond motifs is 1. The van der Waals surface area contributed by atoms with Crippen molar-refractivity contribution >= 4 is 26.0 Å². The smallest absolute Gasteiger partial charge is 0.265 e. The first-order valence-corrected chi connectivity index (χ1v) is 13.9. The monoisotopic (exact) mass is 401 g/mol. The maximum absolute atomic E-state index is 13.3. The van der Waals surface area contributed by atoms with Gasteiger partial charge < -0.3 is 0 Å².